The van der Waals surface area contributed by atoms with Gasteiger partial charge in [0.15, 0.2) is 9.56 Å². The van der Waals surface area contributed by atoms with E-state index in [9.17, 15) is 18.3 Å². The fourth-order valence-electron chi connectivity index (χ4n) is 0.839. The van der Waals surface area contributed by atoms with Crippen molar-refractivity contribution in [3.8, 4) is 0 Å². The number of aromatic nitrogens is 1. The molecule has 0 aliphatic carbocycles. The predicted molar refractivity (Wildman–Crippen MR) is 49.7 cm³/mol. The van der Waals surface area contributed by atoms with Gasteiger partial charge in [0.25, 0.3) is 6.43 Å². The van der Waals surface area contributed by atoms with Crippen molar-refractivity contribution in [2.75, 3.05) is 0 Å². The van der Waals surface area contributed by atoms with Gasteiger partial charge in [-0.25, -0.2) is 13.2 Å². The second kappa shape index (κ2) is 4.24. The number of alkyl halides is 2. The van der Waals surface area contributed by atoms with Crippen LogP contribution in [-0.4, -0.2) is 16.5 Å². The molecule has 1 atom stereocenters. The first-order valence-electron chi connectivity index (χ1n) is 3.48. The lowest BCUT2D eigenvalue weighted by atomic mass is 10.0. The molecule has 78 valence electrons. The number of nitrogens with one attached hydrogen (secondary N) is 1. The van der Waals surface area contributed by atoms with Crippen LogP contribution in [0.5, 0.6) is 0 Å². The molecule has 0 fully saturated rings. The van der Waals surface area contributed by atoms with Gasteiger partial charge in [0.05, 0.1) is 11.2 Å². The smallest absolute Gasteiger partial charge is 0.275 e. The number of H-pyrrole nitrogens is 1. The molecule has 2 nitrogen and oxygen atoms in total. The van der Waals surface area contributed by atoms with Crippen molar-refractivity contribution >= 4 is 23.6 Å². The molecule has 0 bridgehead atoms. The van der Waals surface area contributed by atoms with Gasteiger partial charge < -0.3 is 10.1 Å². The zero-order chi connectivity index (χ0) is 10.8. The highest BCUT2D eigenvalue weighted by Crippen LogP contribution is 2.32. The lowest BCUT2D eigenvalue weighted by Gasteiger charge is -2.20. The van der Waals surface area contributed by atoms with Crippen molar-refractivity contribution in [2.24, 2.45) is 0 Å². The van der Waals surface area contributed by atoms with Crippen LogP contribution in [0.25, 0.3) is 0 Å². The number of hydrogen-bond donors (Lipinski definition) is 2. The van der Waals surface area contributed by atoms with E-state index in [1.807, 2.05) is 0 Å². The second-order valence-corrected chi connectivity index (χ2v) is 4.18. The molecule has 1 aromatic heterocycles. The molecule has 1 unspecified atom stereocenters. The maximum absolute atomic E-state index is 12.5. The molecular formula is C7H6F3NOS2. The van der Waals surface area contributed by atoms with Crippen molar-refractivity contribution < 1.29 is 18.3 Å². The molecule has 0 amide bonds. The number of aromatic amines is 1. The summed E-state index contributed by atoms with van der Waals surface area (Å²) in [4.78, 5) is 2.35. The summed E-state index contributed by atoms with van der Waals surface area (Å²) in [7, 11) is 0. The monoisotopic (exact) mass is 241 g/mol. The molecule has 2 N–H and O–H groups in total. The van der Waals surface area contributed by atoms with Gasteiger partial charge in [-0.2, -0.15) is 0 Å². The first-order valence-corrected chi connectivity index (χ1v) is 4.70. The molecule has 1 rings (SSSR count). The topological polar surface area (TPSA) is 36.0 Å². The summed E-state index contributed by atoms with van der Waals surface area (Å²) in [5, 5.41) is 9.44. The van der Waals surface area contributed by atoms with Gasteiger partial charge in [-0.3, -0.25) is 0 Å². The van der Waals surface area contributed by atoms with Crippen molar-refractivity contribution in [3.05, 3.63) is 27.4 Å². The molecular weight excluding hydrogens is 235 g/mol. The Morgan fingerprint density at radius 2 is 2.29 bits per heavy atom. The van der Waals surface area contributed by atoms with Crippen LogP contribution in [0.1, 0.15) is 4.88 Å². The molecule has 14 heavy (non-hydrogen) atoms. The Labute approximate surface area is 86.7 Å². The summed E-state index contributed by atoms with van der Waals surface area (Å²) in [6, 6.07) is 0. The Morgan fingerprint density at radius 3 is 2.64 bits per heavy atom. The quantitative estimate of drug-likeness (QED) is 0.798. The number of hydrogen-bond acceptors (Lipinski definition) is 3. The summed E-state index contributed by atoms with van der Waals surface area (Å²) >= 11 is 5.44. The van der Waals surface area contributed by atoms with Gasteiger partial charge in [0, 0.05) is 6.20 Å². The third-order valence-corrected chi connectivity index (χ3v) is 2.90. The van der Waals surface area contributed by atoms with E-state index in [1.54, 1.807) is 0 Å². The number of halogens is 3. The van der Waals surface area contributed by atoms with Crippen LogP contribution in [0.4, 0.5) is 13.2 Å². The molecule has 0 aliphatic rings. The van der Waals surface area contributed by atoms with E-state index in [2.05, 4.69) is 17.2 Å². The molecule has 0 aliphatic heterocycles. The fraction of sp³-hybridized carbons (Fsp3) is 0.286. The first-order chi connectivity index (χ1) is 6.50. The zero-order valence-electron chi connectivity index (χ0n) is 6.71. The Balaban J connectivity index is 3.18. The summed E-state index contributed by atoms with van der Waals surface area (Å²) < 4.78 is 37.0. The average molecular weight is 241 g/mol. The van der Waals surface area contributed by atoms with E-state index in [0.717, 1.165) is 17.5 Å². The average Bonchev–Trinajstić information content (AvgIpc) is 2.52. The SMILES string of the molecule is OC(C=CF)(c1c[nH]c(=S)s1)C(F)F. The lowest BCUT2D eigenvalue weighted by molar-refractivity contribution is -0.0646. The van der Waals surface area contributed by atoms with Gasteiger partial charge in [-0.15, -0.1) is 11.3 Å². The van der Waals surface area contributed by atoms with E-state index in [0.29, 0.717) is 6.08 Å². The van der Waals surface area contributed by atoms with Crippen LogP contribution in [-0.2, 0) is 5.60 Å². The highest BCUT2D eigenvalue weighted by atomic mass is 32.1. The van der Waals surface area contributed by atoms with E-state index >= 15 is 0 Å². The molecule has 1 heterocycles. The minimum atomic E-state index is -3.11. The zero-order valence-corrected chi connectivity index (χ0v) is 8.34. The van der Waals surface area contributed by atoms with Gasteiger partial charge in [-0.1, -0.05) is 0 Å². The highest BCUT2D eigenvalue weighted by Gasteiger charge is 2.38. The van der Waals surface area contributed by atoms with Crippen LogP contribution >= 0.6 is 23.6 Å². The van der Waals surface area contributed by atoms with Gasteiger partial charge >= 0.3 is 0 Å². The molecule has 0 radical (unpaired) electrons. The van der Waals surface area contributed by atoms with E-state index in [4.69, 9.17) is 0 Å². The second-order valence-electron chi connectivity index (χ2n) is 2.46. The third kappa shape index (κ3) is 2.05. The van der Waals surface area contributed by atoms with Crippen LogP contribution in [0.15, 0.2) is 18.6 Å². The summed E-state index contributed by atoms with van der Waals surface area (Å²) in [6.07, 6.45) is -1.70. The maximum Gasteiger partial charge on any atom is 0.275 e. The summed E-state index contributed by atoms with van der Waals surface area (Å²) in [5.74, 6) is 0. The van der Waals surface area contributed by atoms with Crippen LogP contribution in [0.3, 0.4) is 0 Å². The number of thiazole rings is 1. The lowest BCUT2D eigenvalue weighted by Crippen LogP contribution is -2.30. The molecule has 1 aromatic rings. The minimum absolute atomic E-state index is 0.116. The van der Waals surface area contributed by atoms with Crippen molar-refractivity contribution in [1.82, 2.24) is 4.98 Å². The normalized spacial score (nSPS) is 16.4. The van der Waals surface area contributed by atoms with Crippen LogP contribution in [0.2, 0.25) is 0 Å². The third-order valence-electron chi connectivity index (χ3n) is 1.57. The number of rotatable bonds is 3. The van der Waals surface area contributed by atoms with Crippen molar-refractivity contribution in [1.29, 1.82) is 0 Å². The van der Waals surface area contributed by atoms with E-state index in [-0.39, 0.29) is 15.2 Å². The van der Waals surface area contributed by atoms with E-state index < -0.39 is 12.0 Å². The molecule has 7 heteroatoms. The standard InChI is InChI=1S/C7H6F3NOS2/c8-2-1-7(12,5(9)10)4-3-11-6(13)14-4/h1-3,5,12H,(H,11,13). The largest absolute Gasteiger partial charge is 0.374 e. The molecule has 0 aromatic carbocycles. The Morgan fingerprint density at radius 1 is 1.64 bits per heavy atom. The Hall–Kier alpha value is -0.660. The minimum Gasteiger partial charge on any atom is -0.374 e. The Bertz CT molecular complexity index is 386. The molecule has 0 saturated carbocycles. The highest BCUT2D eigenvalue weighted by molar-refractivity contribution is 7.73. The maximum atomic E-state index is 12.5. The number of aliphatic hydroxyl groups is 1. The van der Waals surface area contributed by atoms with Gasteiger partial charge in [-0.05, 0) is 18.3 Å². The van der Waals surface area contributed by atoms with Crippen molar-refractivity contribution in [3.63, 3.8) is 0 Å². The van der Waals surface area contributed by atoms with Crippen LogP contribution in [0, 0.1) is 3.95 Å². The fourth-order valence-corrected chi connectivity index (χ4v) is 1.92. The first kappa shape index (κ1) is 11.4. The summed E-state index contributed by atoms with van der Waals surface area (Å²) in [6.45, 7) is 0. The van der Waals surface area contributed by atoms with Gasteiger partial charge in [0.1, 0.15) is 0 Å². The molecule has 0 spiro atoms. The summed E-state index contributed by atoms with van der Waals surface area (Å²) in [5.41, 5.74) is -2.60. The molecule has 0 saturated heterocycles. The van der Waals surface area contributed by atoms with E-state index in [1.165, 1.54) is 0 Å². The van der Waals surface area contributed by atoms with Gasteiger partial charge in [0.2, 0.25) is 0 Å². The van der Waals surface area contributed by atoms with Crippen LogP contribution < -0.4 is 0 Å². The Kier molecular flexibility index (Phi) is 3.46. The van der Waals surface area contributed by atoms with Crippen molar-refractivity contribution in [2.45, 2.75) is 12.0 Å². The predicted octanol–water partition coefficient (Wildman–Crippen LogP) is 2.74.